The number of hydrogen-bond donors (Lipinski definition) is 2. The number of benzene rings is 3. The Morgan fingerprint density at radius 2 is 1.71 bits per heavy atom. The van der Waals surface area contributed by atoms with Gasteiger partial charge in [0, 0.05) is 4.70 Å². The summed E-state index contributed by atoms with van der Waals surface area (Å²) in [4.78, 5) is 13.2. The van der Waals surface area contributed by atoms with Gasteiger partial charge in [-0.2, -0.15) is 0 Å². The van der Waals surface area contributed by atoms with Crippen LogP contribution in [0, 0.1) is 6.92 Å². The van der Waals surface area contributed by atoms with Gasteiger partial charge >= 0.3 is 0 Å². The Bertz CT molecular complexity index is 1330. The van der Waals surface area contributed by atoms with E-state index in [0.29, 0.717) is 10.8 Å². The topological polar surface area (TPSA) is 84.5 Å². The Labute approximate surface area is 184 Å². The maximum Gasteiger partial charge on any atom is 0.261 e. The van der Waals surface area contributed by atoms with Gasteiger partial charge < -0.3 is 10.1 Å². The molecule has 31 heavy (non-hydrogen) atoms. The third kappa shape index (κ3) is 4.55. The van der Waals surface area contributed by atoms with Gasteiger partial charge in [0.15, 0.2) is 0 Å². The molecule has 6 nitrogen and oxygen atoms in total. The quantitative estimate of drug-likeness (QED) is 0.417. The fraction of sp³-hybridized carbons (Fsp3) is 0.0870. The molecule has 0 aliphatic heterocycles. The number of hydrogen-bond acceptors (Lipinski definition) is 5. The molecule has 158 valence electrons. The zero-order valence-electron chi connectivity index (χ0n) is 16.9. The van der Waals surface area contributed by atoms with Gasteiger partial charge in [-0.25, -0.2) is 8.42 Å². The molecule has 0 spiro atoms. The van der Waals surface area contributed by atoms with Crippen LogP contribution in [0.3, 0.4) is 0 Å². The number of methoxy groups -OCH3 is 1. The molecule has 1 aromatic heterocycles. The van der Waals surface area contributed by atoms with E-state index in [2.05, 4.69) is 10.0 Å². The summed E-state index contributed by atoms with van der Waals surface area (Å²) in [6, 6.07) is 20.8. The van der Waals surface area contributed by atoms with Gasteiger partial charge in [0.2, 0.25) is 0 Å². The zero-order valence-corrected chi connectivity index (χ0v) is 18.5. The van der Waals surface area contributed by atoms with Crippen LogP contribution in [-0.4, -0.2) is 21.4 Å². The van der Waals surface area contributed by atoms with E-state index in [0.717, 1.165) is 15.6 Å². The first-order chi connectivity index (χ1) is 14.9. The molecule has 1 heterocycles. The standard InChI is InChI=1S/C23H20N2O4S2/c1-15-7-10-18(11-8-15)31(27,28)25-20-12-9-17(29-2)14-19(20)23(26)24-22-13-16-5-3-4-6-21(16)30-22/h3-14,25H,1-2H3,(H,24,26). The van der Waals surface area contributed by atoms with E-state index >= 15 is 0 Å². The summed E-state index contributed by atoms with van der Waals surface area (Å²) in [6.07, 6.45) is 0. The Morgan fingerprint density at radius 1 is 0.968 bits per heavy atom. The van der Waals surface area contributed by atoms with Crippen LogP contribution in [0.15, 0.2) is 77.7 Å². The number of ether oxygens (including phenoxy) is 1. The Hall–Kier alpha value is -3.36. The second-order valence-corrected chi connectivity index (χ2v) is 9.70. The van der Waals surface area contributed by atoms with Crippen LogP contribution < -0.4 is 14.8 Å². The average molecular weight is 453 g/mol. The minimum Gasteiger partial charge on any atom is -0.497 e. The highest BCUT2D eigenvalue weighted by Gasteiger charge is 2.20. The highest BCUT2D eigenvalue weighted by molar-refractivity contribution is 7.92. The molecule has 0 unspecified atom stereocenters. The highest BCUT2D eigenvalue weighted by atomic mass is 32.2. The molecule has 8 heteroatoms. The fourth-order valence-electron chi connectivity index (χ4n) is 3.07. The lowest BCUT2D eigenvalue weighted by Crippen LogP contribution is -2.18. The number of anilines is 2. The van der Waals surface area contributed by atoms with E-state index in [1.165, 1.54) is 42.7 Å². The van der Waals surface area contributed by atoms with Crippen LogP contribution in [0.25, 0.3) is 10.1 Å². The van der Waals surface area contributed by atoms with Crippen molar-refractivity contribution in [3.8, 4) is 5.75 Å². The third-order valence-corrected chi connectivity index (χ3v) is 7.12. The third-order valence-electron chi connectivity index (χ3n) is 4.71. The molecule has 4 rings (SSSR count). The Kier molecular flexibility index (Phi) is 5.67. The number of amides is 1. The number of aryl methyl sites for hydroxylation is 1. The van der Waals surface area contributed by atoms with Crippen molar-refractivity contribution in [3.05, 3.63) is 83.9 Å². The molecule has 2 N–H and O–H groups in total. The van der Waals surface area contributed by atoms with E-state index in [4.69, 9.17) is 4.74 Å². The predicted molar refractivity (Wildman–Crippen MR) is 125 cm³/mol. The Morgan fingerprint density at radius 3 is 2.42 bits per heavy atom. The summed E-state index contributed by atoms with van der Waals surface area (Å²) in [6.45, 7) is 1.88. The van der Waals surface area contributed by atoms with Crippen LogP contribution in [0.2, 0.25) is 0 Å². The normalized spacial score (nSPS) is 11.3. The number of thiophene rings is 1. The maximum absolute atomic E-state index is 13.1. The van der Waals surface area contributed by atoms with Gasteiger partial charge in [-0.3, -0.25) is 9.52 Å². The monoisotopic (exact) mass is 452 g/mol. The van der Waals surface area contributed by atoms with Gasteiger partial charge in [0.25, 0.3) is 15.9 Å². The average Bonchev–Trinajstić information content (AvgIpc) is 3.16. The molecule has 0 aliphatic rings. The van der Waals surface area contributed by atoms with Crippen molar-refractivity contribution in [1.82, 2.24) is 0 Å². The minimum absolute atomic E-state index is 0.116. The molecular formula is C23H20N2O4S2. The fourth-order valence-corrected chi connectivity index (χ4v) is 5.11. The van der Waals surface area contributed by atoms with Crippen molar-refractivity contribution in [3.63, 3.8) is 0 Å². The lowest BCUT2D eigenvalue weighted by molar-refractivity contribution is 0.102. The summed E-state index contributed by atoms with van der Waals surface area (Å²) < 4.78 is 34.5. The van der Waals surface area contributed by atoms with E-state index < -0.39 is 15.9 Å². The van der Waals surface area contributed by atoms with Crippen molar-refractivity contribution in [1.29, 1.82) is 0 Å². The molecule has 1 amide bonds. The second kappa shape index (κ2) is 8.41. The zero-order chi connectivity index (χ0) is 22.0. The number of nitrogens with one attached hydrogen (secondary N) is 2. The van der Waals surface area contributed by atoms with Gasteiger partial charge in [-0.05, 0) is 54.8 Å². The summed E-state index contributed by atoms with van der Waals surface area (Å²) >= 11 is 1.45. The lowest BCUT2D eigenvalue weighted by atomic mass is 10.1. The number of carbonyl (C=O) groups is 1. The smallest absolute Gasteiger partial charge is 0.261 e. The predicted octanol–water partition coefficient (Wildman–Crippen LogP) is 5.27. The van der Waals surface area contributed by atoms with E-state index in [9.17, 15) is 13.2 Å². The van der Waals surface area contributed by atoms with Gasteiger partial charge in [0.1, 0.15) is 5.75 Å². The second-order valence-electron chi connectivity index (χ2n) is 6.93. The first-order valence-electron chi connectivity index (χ1n) is 9.43. The number of sulfonamides is 1. The van der Waals surface area contributed by atoms with Crippen molar-refractivity contribution in [2.75, 3.05) is 17.1 Å². The minimum atomic E-state index is -3.87. The molecule has 0 atom stereocenters. The van der Waals surface area contributed by atoms with E-state index in [1.807, 2.05) is 37.3 Å². The van der Waals surface area contributed by atoms with Crippen LogP contribution >= 0.6 is 11.3 Å². The highest BCUT2D eigenvalue weighted by Crippen LogP contribution is 2.31. The van der Waals surface area contributed by atoms with Crippen molar-refractivity contribution >= 4 is 48.0 Å². The lowest BCUT2D eigenvalue weighted by Gasteiger charge is -2.14. The first kappa shape index (κ1) is 20.9. The molecule has 0 bridgehead atoms. The van der Waals surface area contributed by atoms with Crippen LogP contribution in [0.4, 0.5) is 10.7 Å². The molecule has 0 saturated carbocycles. The van der Waals surface area contributed by atoms with Crippen molar-refractivity contribution in [2.45, 2.75) is 11.8 Å². The largest absolute Gasteiger partial charge is 0.497 e. The molecule has 3 aromatic carbocycles. The van der Waals surface area contributed by atoms with E-state index in [1.54, 1.807) is 18.2 Å². The van der Waals surface area contributed by atoms with Crippen molar-refractivity contribution < 1.29 is 17.9 Å². The number of fused-ring (bicyclic) bond motifs is 1. The van der Waals surface area contributed by atoms with Crippen LogP contribution in [0.5, 0.6) is 5.75 Å². The van der Waals surface area contributed by atoms with Crippen LogP contribution in [-0.2, 0) is 10.0 Å². The summed E-state index contributed by atoms with van der Waals surface area (Å²) in [5, 5.41) is 4.55. The summed E-state index contributed by atoms with van der Waals surface area (Å²) in [7, 11) is -2.38. The van der Waals surface area contributed by atoms with Crippen molar-refractivity contribution in [2.24, 2.45) is 0 Å². The number of rotatable bonds is 6. The molecule has 0 aliphatic carbocycles. The number of carbonyl (C=O) groups excluding carboxylic acids is 1. The molecule has 4 aromatic rings. The van der Waals surface area contributed by atoms with E-state index in [-0.39, 0.29) is 16.1 Å². The molecule has 0 radical (unpaired) electrons. The van der Waals surface area contributed by atoms with Gasteiger partial charge in [0.05, 0.1) is 28.3 Å². The molecule has 0 fully saturated rings. The maximum atomic E-state index is 13.1. The van der Waals surface area contributed by atoms with Gasteiger partial charge in [-0.1, -0.05) is 35.9 Å². The Balaban J connectivity index is 1.66. The SMILES string of the molecule is COc1ccc(NS(=O)(=O)c2ccc(C)cc2)c(C(=O)Nc2cc3ccccc3s2)c1. The molecule has 0 saturated heterocycles. The first-order valence-corrected chi connectivity index (χ1v) is 11.7. The van der Waals surface area contributed by atoms with Crippen LogP contribution in [0.1, 0.15) is 15.9 Å². The van der Waals surface area contributed by atoms with Gasteiger partial charge in [-0.15, -0.1) is 11.3 Å². The molecular weight excluding hydrogens is 432 g/mol. The summed E-state index contributed by atoms with van der Waals surface area (Å²) in [5.41, 5.74) is 1.28. The summed E-state index contributed by atoms with van der Waals surface area (Å²) in [5.74, 6) is 0.00633.